The maximum Gasteiger partial charge on any atom is 0.170 e. The van der Waals surface area contributed by atoms with Crippen LogP contribution in [0.3, 0.4) is 0 Å². The Morgan fingerprint density at radius 1 is 1.12 bits per heavy atom. The lowest BCUT2D eigenvalue weighted by molar-refractivity contribution is 0.409. The van der Waals surface area contributed by atoms with Gasteiger partial charge in [-0.15, -0.1) is 0 Å². The minimum atomic E-state index is -0.329. The van der Waals surface area contributed by atoms with E-state index in [1.165, 1.54) is 30.3 Å². The molecule has 0 bridgehead atoms. The summed E-state index contributed by atoms with van der Waals surface area (Å²) in [5.74, 6) is 0.375. The van der Waals surface area contributed by atoms with Crippen LogP contribution >= 0.6 is 11.6 Å². The number of benzene rings is 2. The van der Waals surface area contributed by atoms with Gasteiger partial charge in [0, 0.05) is 11.1 Å². The molecule has 0 aliphatic rings. The molecule has 88 valence electrons. The smallest absolute Gasteiger partial charge is 0.170 e. The molecule has 4 heteroatoms. The van der Waals surface area contributed by atoms with Gasteiger partial charge in [0.15, 0.2) is 11.5 Å². The minimum absolute atomic E-state index is 0.0156. The molecular formula is C13H10ClFO2. The number of phenolic OH excluding ortho intramolecular Hbond substituents is 1. The largest absolute Gasteiger partial charge is 0.504 e. The molecule has 0 fully saturated rings. The van der Waals surface area contributed by atoms with E-state index in [-0.39, 0.29) is 17.3 Å². The molecule has 17 heavy (non-hydrogen) atoms. The quantitative estimate of drug-likeness (QED) is 0.864. The maximum absolute atomic E-state index is 12.9. The van der Waals surface area contributed by atoms with Crippen molar-refractivity contribution in [3.8, 4) is 17.2 Å². The van der Waals surface area contributed by atoms with Gasteiger partial charge in [0.05, 0.1) is 0 Å². The fourth-order valence-electron chi connectivity index (χ4n) is 1.42. The van der Waals surface area contributed by atoms with Gasteiger partial charge in [-0.1, -0.05) is 11.6 Å². The lowest BCUT2D eigenvalue weighted by Gasteiger charge is -2.10. The van der Waals surface area contributed by atoms with Crippen LogP contribution < -0.4 is 4.74 Å². The maximum atomic E-state index is 12.9. The lowest BCUT2D eigenvalue weighted by Crippen LogP contribution is -1.89. The standard InChI is InChI=1S/C13H10ClFO2/c1-8-6-10(15)3-5-12(8)17-13-7-9(14)2-4-11(13)16/h2-7,16H,1H3. The van der Waals surface area contributed by atoms with Crippen molar-refractivity contribution in [2.24, 2.45) is 0 Å². The molecule has 0 spiro atoms. The number of aromatic hydroxyl groups is 1. The normalized spacial score (nSPS) is 10.3. The van der Waals surface area contributed by atoms with Crippen molar-refractivity contribution < 1.29 is 14.2 Å². The fraction of sp³-hybridized carbons (Fsp3) is 0.0769. The SMILES string of the molecule is Cc1cc(F)ccc1Oc1cc(Cl)ccc1O. The highest BCUT2D eigenvalue weighted by atomic mass is 35.5. The van der Waals surface area contributed by atoms with Crippen molar-refractivity contribution in [2.45, 2.75) is 6.92 Å². The second kappa shape index (κ2) is 4.63. The molecule has 1 N–H and O–H groups in total. The zero-order chi connectivity index (χ0) is 12.4. The minimum Gasteiger partial charge on any atom is -0.504 e. The summed E-state index contributed by atoms with van der Waals surface area (Å²) in [5.41, 5.74) is 0.643. The average molecular weight is 253 g/mol. The van der Waals surface area contributed by atoms with Gasteiger partial charge in [-0.2, -0.15) is 0 Å². The van der Waals surface area contributed by atoms with Crippen molar-refractivity contribution >= 4 is 11.6 Å². The second-order valence-electron chi connectivity index (χ2n) is 3.62. The summed E-state index contributed by atoms with van der Waals surface area (Å²) in [5, 5.41) is 10.0. The molecular weight excluding hydrogens is 243 g/mol. The van der Waals surface area contributed by atoms with Gasteiger partial charge in [-0.25, -0.2) is 4.39 Å². The van der Waals surface area contributed by atoms with Gasteiger partial charge in [-0.3, -0.25) is 0 Å². The van der Waals surface area contributed by atoms with E-state index in [1.54, 1.807) is 13.0 Å². The first-order chi connectivity index (χ1) is 8.06. The van der Waals surface area contributed by atoms with Crippen LogP contribution in [-0.2, 0) is 0 Å². The number of hydrogen-bond acceptors (Lipinski definition) is 2. The number of aryl methyl sites for hydroxylation is 1. The molecule has 0 unspecified atom stereocenters. The summed E-state index contributed by atoms with van der Waals surface area (Å²) in [4.78, 5) is 0. The Bertz CT molecular complexity index is 555. The van der Waals surface area contributed by atoms with Gasteiger partial charge in [0.25, 0.3) is 0 Å². The van der Waals surface area contributed by atoms with Gasteiger partial charge < -0.3 is 9.84 Å². The third-order valence-electron chi connectivity index (χ3n) is 2.28. The van der Waals surface area contributed by atoms with Crippen LogP contribution in [0.2, 0.25) is 5.02 Å². The molecule has 0 radical (unpaired) electrons. The summed E-state index contributed by atoms with van der Waals surface area (Å²) in [6.45, 7) is 1.72. The van der Waals surface area contributed by atoms with Crippen molar-refractivity contribution in [2.75, 3.05) is 0 Å². The third kappa shape index (κ3) is 2.68. The predicted octanol–water partition coefficient (Wildman–Crippen LogP) is 4.29. The van der Waals surface area contributed by atoms with Crippen LogP contribution in [0.5, 0.6) is 17.2 Å². The molecule has 0 atom stereocenters. The van der Waals surface area contributed by atoms with Gasteiger partial charge in [0.2, 0.25) is 0 Å². The first kappa shape index (κ1) is 11.7. The molecule has 2 rings (SSSR count). The van der Waals surface area contributed by atoms with Gasteiger partial charge >= 0.3 is 0 Å². The second-order valence-corrected chi connectivity index (χ2v) is 4.06. The Morgan fingerprint density at radius 3 is 2.59 bits per heavy atom. The topological polar surface area (TPSA) is 29.5 Å². The van der Waals surface area contributed by atoms with E-state index < -0.39 is 0 Å². The van der Waals surface area contributed by atoms with Gasteiger partial charge in [0.1, 0.15) is 11.6 Å². The monoisotopic (exact) mass is 252 g/mol. The molecule has 0 aliphatic carbocycles. The van der Waals surface area contributed by atoms with Crippen molar-refractivity contribution in [3.63, 3.8) is 0 Å². The lowest BCUT2D eigenvalue weighted by atomic mass is 10.2. The Labute approximate surface area is 103 Å². The van der Waals surface area contributed by atoms with Crippen LogP contribution in [0.15, 0.2) is 36.4 Å². The molecule has 0 aromatic heterocycles. The van der Waals surface area contributed by atoms with E-state index in [2.05, 4.69) is 0 Å². The number of rotatable bonds is 2. The molecule has 0 saturated carbocycles. The Morgan fingerprint density at radius 2 is 1.88 bits per heavy atom. The zero-order valence-corrected chi connectivity index (χ0v) is 9.83. The zero-order valence-electron chi connectivity index (χ0n) is 9.08. The molecule has 2 nitrogen and oxygen atoms in total. The van der Waals surface area contributed by atoms with Crippen molar-refractivity contribution in [3.05, 3.63) is 52.8 Å². The van der Waals surface area contributed by atoms with E-state index in [0.717, 1.165) is 0 Å². The summed E-state index contributed by atoms with van der Waals surface area (Å²) in [7, 11) is 0. The summed E-state index contributed by atoms with van der Waals surface area (Å²) in [6.07, 6.45) is 0. The molecule has 2 aromatic carbocycles. The van der Waals surface area contributed by atoms with E-state index in [1.807, 2.05) is 0 Å². The number of hydrogen-bond donors (Lipinski definition) is 1. The number of ether oxygens (including phenoxy) is 1. The predicted molar refractivity (Wildman–Crippen MR) is 64.3 cm³/mol. The van der Waals surface area contributed by atoms with Crippen LogP contribution in [0, 0.1) is 12.7 Å². The van der Waals surface area contributed by atoms with Crippen LogP contribution in [0.4, 0.5) is 4.39 Å². The first-order valence-corrected chi connectivity index (χ1v) is 5.36. The van der Waals surface area contributed by atoms with E-state index in [4.69, 9.17) is 16.3 Å². The van der Waals surface area contributed by atoms with E-state index >= 15 is 0 Å². The summed E-state index contributed by atoms with van der Waals surface area (Å²) >= 11 is 5.80. The highest BCUT2D eigenvalue weighted by Crippen LogP contribution is 2.34. The van der Waals surface area contributed by atoms with Crippen LogP contribution in [0.1, 0.15) is 5.56 Å². The third-order valence-corrected chi connectivity index (χ3v) is 2.51. The average Bonchev–Trinajstić information content (AvgIpc) is 2.27. The Kier molecular flexibility index (Phi) is 3.20. The number of phenols is 1. The Hall–Kier alpha value is -1.74. The van der Waals surface area contributed by atoms with Crippen molar-refractivity contribution in [1.29, 1.82) is 0 Å². The number of halogens is 2. The van der Waals surface area contributed by atoms with Crippen molar-refractivity contribution in [1.82, 2.24) is 0 Å². The first-order valence-electron chi connectivity index (χ1n) is 4.99. The van der Waals surface area contributed by atoms with Crippen LogP contribution in [0.25, 0.3) is 0 Å². The molecule has 0 amide bonds. The van der Waals surface area contributed by atoms with Crippen LogP contribution in [-0.4, -0.2) is 5.11 Å². The summed E-state index contributed by atoms with van der Waals surface area (Å²) < 4.78 is 18.4. The summed E-state index contributed by atoms with van der Waals surface area (Å²) in [6, 6.07) is 8.66. The molecule has 0 aliphatic heterocycles. The molecule has 2 aromatic rings. The molecule has 0 saturated heterocycles. The highest BCUT2D eigenvalue weighted by Gasteiger charge is 2.07. The highest BCUT2D eigenvalue weighted by molar-refractivity contribution is 6.30. The molecule has 0 heterocycles. The van der Waals surface area contributed by atoms with E-state index in [0.29, 0.717) is 16.3 Å². The van der Waals surface area contributed by atoms with Gasteiger partial charge in [-0.05, 0) is 42.8 Å². The fourth-order valence-corrected chi connectivity index (χ4v) is 1.58. The van der Waals surface area contributed by atoms with E-state index in [9.17, 15) is 9.50 Å². The Balaban J connectivity index is 2.34.